The summed E-state index contributed by atoms with van der Waals surface area (Å²) in [6.07, 6.45) is 1.36. The first kappa shape index (κ1) is 10.5. The summed E-state index contributed by atoms with van der Waals surface area (Å²) in [6.45, 7) is 5.79. The normalized spacial score (nSPS) is 41.5. The first-order valence-corrected chi connectivity index (χ1v) is 5.27. The standard InChI is InChI=1S/C11H17NO3/c1-9(2)10(3)5-6-11(9,7(13)12-4)15-8(10)14/h5-6H2,1-4H3,(H,12,13)/t10-,11+/m1/s1. The number of carbonyl (C=O) groups excluding carboxylic acids is 2. The minimum atomic E-state index is -0.951. The maximum absolute atomic E-state index is 11.9. The molecule has 2 bridgehead atoms. The highest BCUT2D eigenvalue weighted by atomic mass is 16.6. The highest BCUT2D eigenvalue weighted by Gasteiger charge is 2.75. The van der Waals surface area contributed by atoms with Crippen LogP contribution in [-0.2, 0) is 14.3 Å². The van der Waals surface area contributed by atoms with E-state index in [2.05, 4.69) is 5.32 Å². The lowest BCUT2D eigenvalue weighted by Gasteiger charge is -2.34. The Kier molecular flexibility index (Phi) is 1.77. The van der Waals surface area contributed by atoms with Gasteiger partial charge in [0.15, 0.2) is 5.60 Å². The average Bonchev–Trinajstić information content (AvgIpc) is 2.47. The van der Waals surface area contributed by atoms with Gasteiger partial charge in [-0.05, 0) is 19.8 Å². The van der Waals surface area contributed by atoms with Crippen molar-refractivity contribution in [1.29, 1.82) is 0 Å². The summed E-state index contributed by atoms with van der Waals surface area (Å²) < 4.78 is 5.37. The number of ether oxygens (including phenoxy) is 1. The van der Waals surface area contributed by atoms with E-state index < -0.39 is 16.4 Å². The van der Waals surface area contributed by atoms with Crippen molar-refractivity contribution in [3.63, 3.8) is 0 Å². The van der Waals surface area contributed by atoms with Gasteiger partial charge < -0.3 is 10.1 Å². The maximum atomic E-state index is 11.9. The van der Waals surface area contributed by atoms with Crippen LogP contribution < -0.4 is 5.32 Å². The van der Waals surface area contributed by atoms with Gasteiger partial charge >= 0.3 is 5.97 Å². The predicted octanol–water partition coefficient (Wildman–Crippen LogP) is 0.854. The minimum absolute atomic E-state index is 0.179. The van der Waals surface area contributed by atoms with Gasteiger partial charge in [0.25, 0.3) is 5.91 Å². The maximum Gasteiger partial charge on any atom is 0.313 e. The summed E-state index contributed by atoms with van der Waals surface area (Å²) in [4.78, 5) is 23.7. The molecule has 1 heterocycles. The van der Waals surface area contributed by atoms with Crippen molar-refractivity contribution < 1.29 is 14.3 Å². The molecular formula is C11H17NO3. The van der Waals surface area contributed by atoms with Crippen molar-refractivity contribution in [2.24, 2.45) is 10.8 Å². The minimum Gasteiger partial charge on any atom is -0.448 e. The van der Waals surface area contributed by atoms with Crippen molar-refractivity contribution in [2.45, 2.75) is 39.2 Å². The van der Waals surface area contributed by atoms with Crippen molar-refractivity contribution in [1.82, 2.24) is 5.32 Å². The topological polar surface area (TPSA) is 55.4 Å². The monoisotopic (exact) mass is 211 g/mol. The Morgan fingerprint density at radius 3 is 2.27 bits per heavy atom. The lowest BCUT2D eigenvalue weighted by Crippen LogP contribution is -2.52. The number of amides is 1. The van der Waals surface area contributed by atoms with E-state index in [4.69, 9.17) is 4.74 Å². The summed E-state index contributed by atoms with van der Waals surface area (Å²) in [5.41, 5.74) is -1.90. The van der Waals surface area contributed by atoms with E-state index in [1.54, 1.807) is 7.05 Å². The van der Waals surface area contributed by atoms with Gasteiger partial charge in [0, 0.05) is 12.5 Å². The Balaban J connectivity index is 2.54. The summed E-state index contributed by atoms with van der Waals surface area (Å²) in [5, 5.41) is 2.60. The number of likely N-dealkylation sites (N-methyl/N-ethyl adjacent to an activating group) is 1. The predicted molar refractivity (Wildman–Crippen MR) is 54.0 cm³/mol. The van der Waals surface area contributed by atoms with Crippen molar-refractivity contribution in [2.75, 3.05) is 7.05 Å². The van der Waals surface area contributed by atoms with Gasteiger partial charge in [0.2, 0.25) is 0 Å². The lowest BCUT2D eigenvalue weighted by molar-refractivity contribution is -0.168. The Hall–Kier alpha value is -1.06. The van der Waals surface area contributed by atoms with Crippen LogP contribution >= 0.6 is 0 Å². The van der Waals surface area contributed by atoms with E-state index in [1.807, 2.05) is 20.8 Å². The average molecular weight is 211 g/mol. The third-order valence-electron chi connectivity index (χ3n) is 4.68. The molecule has 1 aliphatic heterocycles. The Labute approximate surface area is 89.4 Å². The number of carbonyl (C=O) groups is 2. The molecule has 2 aliphatic rings. The third kappa shape index (κ3) is 0.840. The number of hydrogen-bond donors (Lipinski definition) is 1. The number of esters is 1. The number of rotatable bonds is 1. The van der Waals surface area contributed by atoms with Crippen LogP contribution in [0.15, 0.2) is 0 Å². The molecule has 1 saturated heterocycles. The molecule has 0 spiro atoms. The fourth-order valence-electron chi connectivity index (χ4n) is 2.95. The molecule has 0 unspecified atom stereocenters. The van der Waals surface area contributed by atoms with Crippen LogP contribution in [0.5, 0.6) is 0 Å². The summed E-state index contributed by atoms with van der Waals surface area (Å²) in [6, 6.07) is 0. The van der Waals surface area contributed by atoms with Crippen LogP contribution in [0.4, 0.5) is 0 Å². The summed E-state index contributed by atoms with van der Waals surface area (Å²) >= 11 is 0. The number of fused-ring (bicyclic) bond motifs is 2. The third-order valence-corrected chi connectivity index (χ3v) is 4.68. The van der Waals surface area contributed by atoms with E-state index in [0.29, 0.717) is 6.42 Å². The van der Waals surface area contributed by atoms with E-state index in [0.717, 1.165) is 6.42 Å². The molecule has 1 amide bonds. The smallest absolute Gasteiger partial charge is 0.313 e. The van der Waals surface area contributed by atoms with Gasteiger partial charge in [0.05, 0.1) is 5.41 Å². The number of hydrogen-bond acceptors (Lipinski definition) is 3. The van der Waals surface area contributed by atoms with Crippen molar-refractivity contribution in [3.05, 3.63) is 0 Å². The van der Waals surface area contributed by atoms with Crippen LogP contribution in [-0.4, -0.2) is 24.5 Å². The second-order valence-electron chi connectivity index (χ2n) is 5.25. The largest absolute Gasteiger partial charge is 0.448 e. The lowest BCUT2D eigenvalue weighted by atomic mass is 9.66. The van der Waals surface area contributed by atoms with Gasteiger partial charge in [-0.15, -0.1) is 0 Å². The van der Waals surface area contributed by atoms with E-state index in [9.17, 15) is 9.59 Å². The molecule has 84 valence electrons. The van der Waals surface area contributed by atoms with Crippen LogP contribution in [0.2, 0.25) is 0 Å². The zero-order chi connectivity index (χ0) is 11.5. The molecular weight excluding hydrogens is 194 g/mol. The molecule has 4 nitrogen and oxygen atoms in total. The van der Waals surface area contributed by atoms with Crippen LogP contribution in [0.1, 0.15) is 33.6 Å². The molecule has 15 heavy (non-hydrogen) atoms. The van der Waals surface area contributed by atoms with E-state index in [1.165, 1.54) is 0 Å². The molecule has 0 aromatic carbocycles. The Morgan fingerprint density at radius 2 is 1.93 bits per heavy atom. The highest BCUT2D eigenvalue weighted by Crippen LogP contribution is 2.65. The zero-order valence-electron chi connectivity index (χ0n) is 9.64. The zero-order valence-corrected chi connectivity index (χ0v) is 9.64. The van der Waals surface area contributed by atoms with Gasteiger partial charge in [-0.3, -0.25) is 9.59 Å². The van der Waals surface area contributed by atoms with Gasteiger partial charge in [0.1, 0.15) is 0 Å². The van der Waals surface area contributed by atoms with Crippen LogP contribution in [0.3, 0.4) is 0 Å². The van der Waals surface area contributed by atoms with E-state index in [-0.39, 0.29) is 11.9 Å². The molecule has 2 rings (SSSR count). The molecule has 2 atom stereocenters. The SMILES string of the molecule is CNC(=O)[C@]12CC[C@](C)(C(=O)O1)C2(C)C. The van der Waals surface area contributed by atoms with Gasteiger partial charge in [-0.1, -0.05) is 13.8 Å². The molecule has 2 fully saturated rings. The summed E-state index contributed by atoms with van der Waals surface area (Å²) in [5.74, 6) is -0.413. The summed E-state index contributed by atoms with van der Waals surface area (Å²) in [7, 11) is 1.58. The second-order valence-corrected chi connectivity index (χ2v) is 5.25. The molecule has 4 heteroatoms. The second kappa shape index (κ2) is 2.54. The van der Waals surface area contributed by atoms with Gasteiger partial charge in [-0.25, -0.2) is 0 Å². The fourth-order valence-corrected chi connectivity index (χ4v) is 2.95. The highest BCUT2D eigenvalue weighted by molar-refractivity contribution is 5.96. The Morgan fingerprint density at radius 1 is 1.33 bits per heavy atom. The first-order valence-electron chi connectivity index (χ1n) is 5.27. The quantitative estimate of drug-likeness (QED) is 0.654. The molecule has 0 aromatic rings. The molecule has 1 saturated carbocycles. The molecule has 1 aliphatic carbocycles. The van der Waals surface area contributed by atoms with Crippen LogP contribution in [0, 0.1) is 10.8 Å². The first-order chi connectivity index (χ1) is 6.82. The molecule has 0 radical (unpaired) electrons. The number of nitrogens with one attached hydrogen (secondary N) is 1. The molecule has 1 N–H and O–H groups in total. The van der Waals surface area contributed by atoms with Crippen molar-refractivity contribution >= 4 is 11.9 Å². The fraction of sp³-hybridized carbons (Fsp3) is 0.818. The molecule has 0 aromatic heterocycles. The van der Waals surface area contributed by atoms with Gasteiger partial charge in [-0.2, -0.15) is 0 Å². The van der Waals surface area contributed by atoms with E-state index >= 15 is 0 Å². The van der Waals surface area contributed by atoms with Crippen molar-refractivity contribution in [3.8, 4) is 0 Å². The van der Waals surface area contributed by atoms with Crippen LogP contribution in [0.25, 0.3) is 0 Å². The Bertz CT molecular complexity index is 350.